The van der Waals surface area contributed by atoms with Gasteiger partial charge in [0, 0.05) is 30.2 Å². The number of hydrogen-bond acceptors (Lipinski definition) is 3. The number of carbonyl (C=O) groups is 1. The molecule has 1 aliphatic rings. The number of nitrogens with zero attached hydrogens (tertiary/aromatic N) is 2. The molecule has 1 aromatic heterocycles. The molecule has 4 nitrogen and oxygen atoms in total. The minimum atomic E-state index is 0.0114. The van der Waals surface area contributed by atoms with Crippen molar-refractivity contribution in [2.45, 2.75) is 39.3 Å². The zero-order valence-corrected chi connectivity index (χ0v) is 13.2. The summed E-state index contributed by atoms with van der Waals surface area (Å²) in [6.07, 6.45) is 4.29. The lowest BCUT2D eigenvalue weighted by Crippen LogP contribution is -2.35. The molecule has 1 aromatic carbocycles. The number of pyridine rings is 1. The van der Waals surface area contributed by atoms with E-state index < -0.39 is 0 Å². The summed E-state index contributed by atoms with van der Waals surface area (Å²) in [5, 5.41) is 3.29. The van der Waals surface area contributed by atoms with Crippen molar-refractivity contribution < 1.29 is 4.79 Å². The summed E-state index contributed by atoms with van der Waals surface area (Å²) in [4.78, 5) is 19.0. The zero-order valence-electron chi connectivity index (χ0n) is 13.2. The highest BCUT2D eigenvalue weighted by atomic mass is 16.2. The maximum atomic E-state index is 12.9. The topological polar surface area (TPSA) is 45.2 Å². The number of rotatable bonds is 3. The largest absolute Gasteiger partial charge is 0.382 e. The van der Waals surface area contributed by atoms with Gasteiger partial charge >= 0.3 is 0 Å². The second-order valence-corrected chi connectivity index (χ2v) is 6.12. The second-order valence-electron chi connectivity index (χ2n) is 6.12. The lowest BCUT2D eigenvalue weighted by Gasteiger charge is -2.23. The number of hydrogen-bond donors (Lipinski definition) is 1. The normalized spacial score (nSPS) is 16.7. The van der Waals surface area contributed by atoms with Crippen LogP contribution in [0.1, 0.15) is 36.7 Å². The Kier molecular flexibility index (Phi) is 3.84. The van der Waals surface area contributed by atoms with Crippen molar-refractivity contribution in [2.75, 3.05) is 10.2 Å². The van der Waals surface area contributed by atoms with Crippen LogP contribution >= 0.6 is 0 Å². The van der Waals surface area contributed by atoms with E-state index in [1.165, 1.54) is 5.56 Å². The highest BCUT2D eigenvalue weighted by Gasteiger charge is 2.31. The van der Waals surface area contributed by atoms with Gasteiger partial charge in [-0.25, -0.2) is 0 Å². The molecule has 1 unspecified atom stereocenters. The van der Waals surface area contributed by atoms with E-state index in [2.05, 4.69) is 37.1 Å². The molecule has 114 valence electrons. The third-order valence-corrected chi connectivity index (χ3v) is 3.87. The van der Waals surface area contributed by atoms with Crippen molar-refractivity contribution >= 4 is 17.3 Å². The third kappa shape index (κ3) is 2.69. The van der Waals surface area contributed by atoms with Crippen LogP contribution in [-0.4, -0.2) is 23.0 Å². The van der Waals surface area contributed by atoms with Gasteiger partial charge in [0.1, 0.15) is 0 Å². The summed E-state index contributed by atoms with van der Waals surface area (Å²) < 4.78 is 0. The van der Waals surface area contributed by atoms with Gasteiger partial charge in [-0.1, -0.05) is 18.2 Å². The van der Waals surface area contributed by atoms with Crippen molar-refractivity contribution in [3.05, 3.63) is 53.9 Å². The smallest absolute Gasteiger partial charge is 0.260 e. The molecule has 0 saturated heterocycles. The lowest BCUT2D eigenvalue weighted by molar-refractivity contribution is 0.0981. The minimum Gasteiger partial charge on any atom is -0.382 e. The number of aromatic nitrogens is 1. The zero-order chi connectivity index (χ0) is 15.7. The molecule has 0 bridgehead atoms. The van der Waals surface area contributed by atoms with Crippen LogP contribution in [0.4, 0.5) is 11.4 Å². The van der Waals surface area contributed by atoms with E-state index in [1.807, 2.05) is 29.2 Å². The van der Waals surface area contributed by atoms with Gasteiger partial charge in [0.05, 0.1) is 11.3 Å². The third-order valence-electron chi connectivity index (χ3n) is 3.87. The van der Waals surface area contributed by atoms with E-state index in [0.717, 1.165) is 17.8 Å². The van der Waals surface area contributed by atoms with Gasteiger partial charge in [-0.15, -0.1) is 0 Å². The van der Waals surface area contributed by atoms with Crippen molar-refractivity contribution in [1.82, 2.24) is 4.98 Å². The number of nitrogens with one attached hydrogen (secondary N) is 1. The maximum Gasteiger partial charge on any atom is 0.260 e. The highest BCUT2D eigenvalue weighted by molar-refractivity contribution is 6.08. The van der Waals surface area contributed by atoms with E-state index in [1.54, 1.807) is 12.4 Å². The quantitative estimate of drug-likeness (QED) is 0.942. The van der Waals surface area contributed by atoms with Gasteiger partial charge in [0.15, 0.2) is 0 Å². The molecule has 1 amide bonds. The number of benzene rings is 1. The number of para-hydroxylation sites is 1. The number of carbonyl (C=O) groups excluding carboxylic acids is 1. The van der Waals surface area contributed by atoms with Crippen LogP contribution in [0.25, 0.3) is 0 Å². The van der Waals surface area contributed by atoms with Crippen LogP contribution in [0.3, 0.4) is 0 Å². The van der Waals surface area contributed by atoms with Gasteiger partial charge in [-0.05, 0) is 44.9 Å². The van der Waals surface area contributed by atoms with Gasteiger partial charge in [-0.3, -0.25) is 9.78 Å². The second kappa shape index (κ2) is 5.79. The minimum absolute atomic E-state index is 0.0114. The molecule has 3 rings (SSSR count). The fourth-order valence-corrected chi connectivity index (χ4v) is 2.98. The molecule has 0 radical (unpaired) electrons. The van der Waals surface area contributed by atoms with Gasteiger partial charge in [-0.2, -0.15) is 0 Å². The summed E-state index contributed by atoms with van der Waals surface area (Å²) in [6.45, 7) is 6.21. The molecule has 22 heavy (non-hydrogen) atoms. The van der Waals surface area contributed by atoms with E-state index in [4.69, 9.17) is 0 Å². The van der Waals surface area contributed by atoms with Gasteiger partial charge in [0.25, 0.3) is 5.91 Å². The molecule has 0 fully saturated rings. The Bertz CT molecular complexity index is 696. The Morgan fingerprint density at radius 2 is 2.09 bits per heavy atom. The molecule has 0 saturated carbocycles. The predicted molar refractivity (Wildman–Crippen MR) is 89.4 cm³/mol. The van der Waals surface area contributed by atoms with Gasteiger partial charge in [0.2, 0.25) is 0 Å². The van der Waals surface area contributed by atoms with Crippen LogP contribution in [0.5, 0.6) is 0 Å². The molecule has 2 aromatic rings. The number of fused-ring (bicyclic) bond motifs is 1. The SMILES string of the molecule is CC(C)Nc1cncc(C(=O)N2c3ccccc3CC2C)c1. The summed E-state index contributed by atoms with van der Waals surface area (Å²) in [5.74, 6) is 0.0114. The molecule has 1 N–H and O–H groups in total. The molecular weight excluding hydrogens is 274 g/mol. The molecule has 1 aliphatic heterocycles. The summed E-state index contributed by atoms with van der Waals surface area (Å²) in [5.41, 5.74) is 3.74. The molecule has 1 atom stereocenters. The highest BCUT2D eigenvalue weighted by Crippen LogP contribution is 2.33. The molecule has 0 spiro atoms. The van der Waals surface area contributed by atoms with E-state index in [-0.39, 0.29) is 11.9 Å². The fraction of sp³-hybridized carbons (Fsp3) is 0.333. The number of anilines is 2. The first-order valence-electron chi connectivity index (χ1n) is 7.69. The molecule has 0 aliphatic carbocycles. The monoisotopic (exact) mass is 295 g/mol. The van der Waals surface area contributed by atoms with Crippen LogP contribution in [0.2, 0.25) is 0 Å². The van der Waals surface area contributed by atoms with Gasteiger partial charge < -0.3 is 10.2 Å². The predicted octanol–water partition coefficient (Wildman–Crippen LogP) is 3.49. The standard InChI is InChI=1S/C18H21N3O/c1-12(2)20-16-9-15(10-19-11-16)18(22)21-13(3)8-14-6-4-5-7-17(14)21/h4-7,9-13,20H,8H2,1-3H3. The summed E-state index contributed by atoms with van der Waals surface area (Å²) in [7, 11) is 0. The average molecular weight is 295 g/mol. The molecular formula is C18H21N3O. The Labute approximate surface area is 131 Å². The van der Waals surface area contributed by atoms with E-state index in [9.17, 15) is 4.79 Å². The van der Waals surface area contributed by atoms with Crippen LogP contribution in [0, 0.1) is 0 Å². The van der Waals surface area contributed by atoms with Crippen LogP contribution < -0.4 is 10.2 Å². The first-order valence-corrected chi connectivity index (χ1v) is 7.69. The lowest BCUT2D eigenvalue weighted by atomic mass is 10.1. The average Bonchev–Trinajstić information content (AvgIpc) is 2.82. The Hall–Kier alpha value is -2.36. The van der Waals surface area contributed by atoms with Crippen molar-refractivity contribution in [3.8, 4) is 0 Å². The summed E-state index contributed by atoms with van der Waals surface area (Å²) >= 11 is 0. The summed E-state index contributed by atoms with van der Waals surface area (Å²) in [6, 6.07) is 10.5. The van der Waals surface area contributed by atoms with E-state index >= 15 is 0 Å². The fourth-order valence-electron chi connectivity index (χ4n) is 2.98. The van der Waals surface area contributed by atoms with Crippen LogP contribution in [-0.2, 0) is 6.42 Å². The molecule has 2 heterocycles. The Balaban J connectivity index is 1.91. The maximum absolute atomic E-state index is 12.9. The molecule has 4 heteroatoms. The van der Waals surface area contributed by atoms with E-state index in [0.29, 0.717) is 11.6 Å². The number of amides is 1. The first kappa shape index (κ1) is 14.6. The first-order chi connectivity index (χ1) is 10.6. The van der Waals surface area contributed by atoms with Crippen molar-refractivity contribution in [3.63, 3.8) is 0 Å². The Morgan fingerprint density at radius 1 is 1.32 bits per heavy atom. The van der Waals surface area contributed by atoms with Crippen molar-refractivity contribution in [2.24, 2.45) is 0 Å². The van der Waals surface area contributed by atoms with Crippen molar-refractivity contribution in [1.29, 1.82) is 0 Å². The van der Waals surface area contributed by atoms with Crippen LogP contribution in [0.15, 0.2) is 42.7 Å². The Morgan fingerprint density at radius 3 is 2.86 bits per heavy atom.